The Kier molecular flexibility index (Phi) is 4.39. The van der Waals surface area contributed by atoms with E-state index >= 15 is 0 Å². The van der Waals surface area contributed by atoms with Crippen molar-refractivity contribution in [1.29, 1.82) is 0 Å². The fourth-order valence-electron chi connectivity index (χ4n) is 8.38. The van der Waals surface area contributed by atoms with Gasteiger partial charge in [0.2, 0.25) is 0 Å². The minimum absolute atomic E-state index is 0.321. The van der Waals surface area contributed by atoms with Crippen molar-refractivity contribution in [3.05, 3.63) is 191 Å². The van der Waals surface area contributed by atoms with Crippen LogP contribution in [0.2, 0.25) is 0 Å². The number of fused-ring (bicyclic) bond motifs is 5. The first-order valence-electron chi connectivity index (χ1n) is 13.5. The van der Waals surface area contributed by atoms with E-state index in [2.05, 4.69) is 128 Å². The fraction of sp³-hybridized carbons (Fsp3) is 0.108. The summed E-state index contributed by atoms with van der Waals surface area (Å²) in [7, 11) is 0. The van der Waals surface area contributed by atoms with Gasteiger partial charge in [0.05, 0.1) is 16.7 Å². The van der Waals surface area contributed by atoms with Crippen LogP contribution in [-0.4, -0.2) is 11.6 Å². The Morgan fingerprint density at radius 2 is 0.923 bits per heavy atom. The normalized spacial score (nSPS) is 25.4. The predicted molar refractivity (Wildman–Crippen MR) is 153 cm³/mol. The molecule has 1 heterocycles. The minimum Gasteiger partial charge on any atom is -0.451 e. The highest BCUT2D eigenvalue weighted by Gasteiger charge is 2.83. The maximum Gasteiger partial charge on any atom is 0.334 e. The number of rotatable bonds is 3. The van der Waals surface area contributed by atoms with Crippen molar-refractivity contribution in [3.8, 4) is 0 Å². The van der Waals surface area contributed by atoms with E-state index in [1.807, 2.05) is 18.2 Å². The summed E-state index contributed by atoms with van der Waals surface area (Å²) in [4.78, 5) is 13.9. The van der Waals surface area contributed by atoms with E-state index in [4.69, 9.17) is 4.74 Å². The van der Waals surface area contributed by atoms with Crippen LogP contribution < -0.4 is 0 Å². The van der Waals surface area contributed by atoms with E-state index in [1.54, 1.807) is 0 Å². The van der Waals surface area contributed by atoms with Gasteiger partial charge in [-0.05, 0) is 38.9 Å². The molecule has 3 aliphatic rings. The highest BCUT2D eigenvalue weighted by molar-refractivity contribution is 5.98. The van der Waals surface area contributed by atoms with Crippen molar-refractivity contribution in [2.75, 3.05) is 0 Å². The van der Waals surface area contributed by atoms with E-state index in [0.29, 0.717) is 5.57 Å². The van der Waals surface area contributed by atoms with E-state index < -0.39 is 16.4 Å². The fourth-order valence-corrected chi connectivity index (χ4v) is 8.38. The molecule has 5 aromatic rings. The van der Waals surface area contributed by atoms with Crippen molar-refractivity contribution >= 4 is 5.97 Å². The van der Waals surface area contributed by atoms with Gasteiger partial charge in [-0.2, -0.15) is 0 Å². The molecule has 2 heteroatoms. The lowest BCUT2D eigenvalue weighted by Crippen LogP contribution is -2.60. The molecule has 0 N–H and O–H groups in total. The second-order valence-corrected chi connectivity index (χ2v) is 10.8. The van der Waals surface area contributed by atoms with E-state index in [1.165, 1.54) is 11.1 Å². The zero-order valence-corrected chi connectivity index (χ0v) is 21.4. The topological polar surface area (TPSA) is 26.3 Å². The van der Waals surface area contributed by atoms with Crippen molar-refractivity contribution < 1.29 is 9.53 Å². The lowest BCUT2D eigenvalue weighted by atomic mass is 9.53. The van der Waals surface area contributed by atoms with Crippen LogP contribution in [0.4, 0.5) is 0 Å². The van der Waals surface area contributed by atoms with Gasteiger partial charge >= 0.3 is 5.97 Å². The standard InChI is InChI=1S/C37H26O2/c1-25-33-29-21-11-12-22-30(29)36(28-19-9-4-10-20-28)32-24-14-13-23-31(32)35(26-15-5-2-6-16-26,27-17-7-3-8-18-27)37(33,36)39-34(25)38/h2-24,33H,1H2/t33?,36-,37-/m0/s1. The number of benzene rings is 5. The molecule has 1 unspecified atom stereocenters. The third-order valence-corrected chi connectivity index (χ3v) is 9.42. The first-order valence-corrected chi connectivity index (χ1v) is 13.5. The molecule has 1 aliphatic heterocycles. The smallest absolute Gasteiger partial charge is 0.334 e. The van der Waals surface area contributed by atoms with Crippen molar-refractivity contribution in [2.45, 2.75) is 22.3 Å². The van der Waals surface area contributed by atoms with Gasteiger partial charge in [-0.3, -0.25) is 0 Å². The molecule has 5 aromatic carbocycles. The molecule has 2 nitrogen and oxygen atoms in total. The van der Waals surface area contributed by atoms with Gasteiger partial charge in [0.15, 0.2) is 5.60 Å². The molecule has 0 radical (unpaired) electrons. The molecule has 2 aliphatic carbocycles. The van der Waals surface area contributed by atoms with Crippen LogP contribution in [0.5, 0.6) is 0 Å². The average Bonchev–Trinajstić information content (AvgIpc) is 3.51. The summed E-state index contributed by atoms with van der Waals surface area (Å²) in [5, 5.41) is 0. The molecule has 1 spiro atoms. The zero-order valence-electron chi connectivity index (χ0n) is 21.4. The molecule has 8 rings (SSSR count). The highest BCUT2D eigenvalue weighted by Crippen LogP contribution is 2.78. The zero-order chi connectivity index (χ0) is 26.2. The number of hydrogen-bond acceptors (Lipinski definition) is 2. The molecule has 186 valence electrons. The third-order valence-electron chi connectivity index (χ3n) is 9.42. The summed E-state index contributed by atoms with van der Waals surface area (Å²) < 4.78 is 7.02. The van der Waals surface area contributed by atoms with Crippen molar-refractivity contribution in [1.82, 2.24) is 0 Å². The maximum atomic E-state index is 13.9. The van der Waals surface area contributed by atoms with E-state index in [-0.39, 0.29) is 11.9 Å². The van der Waals surface area contributed by atoms with E-state index in [0.717, 1.165) is 27.8 Å². The van der Waals surface area contributed by atoms with Crippen LogP contribution in [-0.2, 0) is 20.4 Å². The Hall–Kier alpha value is -4.69. The minimum atomic E-state index is -1.05. The first-order chi connectivity index (χ1) is 19.2. The van der Waals surface area contributed by atoms with Gasteiger partial charge in [0.1, 0.15) is 0 Å². The SMILES string of the molecule is C=C1C(=O)O[C@]23C1c1ccccc1[C@@]2(c1ccccc1)c1ccccc1C3(c1ccccc1)c1ccccc1. The second-order valence-electron chi connectivity index (χ2n) is 10.8. The van der Waals surface area contributed by atoms with Crippen LogP contribution >= 0.6 is 0 Å². The first kappa shape index (κ1) is 22.3. The highest BCUT2D eigenvalue weighted by atomic mass is 16.6. The number of carbonyl (C=O) groups excluding carboxylic acids is 1. The van der Waals surface area contributed by atoms with Crippen molar-refractivity contribution in [2.24, 2.45) is 0 Å². The van der Waals surface area contributed by atoms with Crippen LogP contribution in [0.3, 0.4) is 0 Å². The average molecular weight is 503 g/mol. The summed E-state index contributed by atoms with van der Waals surface area (Å²) in [5.74, 6) is -0.659. The molecular formula is C37H26O2. The van der Waals surface area contributed by atoms with Crippen molar-refractivity contribution in [3.63, 3.8) is 0 Å². The molecule has 0 bridgehead atoms. The van der Waals surface area contributed by atoms with Gasteiger partial charge in [-0.15, -0.1) is 0 Å². The molecule has 39 heavy (non-hydrogen) atoms. The summed E-state index contributed by atoms with van der Waals surface area (Å²) in [6.07, 6.45) is 0. The van der Waals surface area contributed by atoms with Gasteiger partial charge in [0.25, 0.3) is 0 Å². The van der Waals surface area contributed by atoms with Gasteiger partial charge in [0, 0.05) is 5.57 Å². The molecular weight excluding hydrogens is 476 g/mol. The Bertz CT molecular complexity index is 1720. The summed E-state index contributed by atoms with van der Waals surface area (Å²) >= 11 is 0. The lowest BCUT2D eigenvalue weighted by molar-refractivity contribution is -0.153. The molecule has 3 atom stereocenters. The van der Waals surface area contributed by atoms with Crippen LogP contribution in [0, 0.1) is 0 Å². The Morgan fingerprint density at radius 1 is 0.513 bits per heavy atom. The molecule has 0 saturated carbocycles. The predicted octanol–water partition coefficient (Wildman–Crippen LogP) is 7.32. The molecule has 0 amide bonds. The Morgan fingerprint density at radius 3 is 1.46 bits per heavy atom. The summed E-state index contributed by atoms with van der Waals surface area (Å²) in [6.45, 7) is 4.40. The van der Waals surface area contributed by atoms with Gasteiger partial charge < -0.3 is 4.74 Å². The molecule has 1 fully saturated rings. The van der Waals surface area contributed by atoms with Crippen LogP contribution in [0.1, 0.15) is 44.9 Å². The largest absolute Gasteiger partial charge is 0.451 e. The van der Waals surface area contributed by atoms with Crippen LogP contribution in [0.25, 0.3) is 0 Å². The molecule has 0 aromatic heterocycles. The molecule has 1 saturated heterocycles. The lowest BCUT2D eigenvalue weighted by Gasteiger charge is -2.51. The Balaban J connectivity index is 1.69. The number of ether oxygens (including phenoxy) is 1. The van der Waals surface area contributed by atoms with E-state index in [9.17, 15) is 4.79 Å². The number of esters is 1. The summed E-state index contributed by atoms with van der Waals surface area (Å²) in [6, 6.07) is 49.1. The number of hydrogen-bond donors (Lipinski definition) is 0. The quantitative estimate of drug-likeness (QED) is 0.191. The summed E-state index contributed by atoms with van der Waals surface area (Å²) in [5.41, 5.74) is 5.84. The van der Waals surface area contributed by atoms with Crippen LogP contribution in [0.15, 0.2) is 152 Å². The monoisotopic (exact) mass is 502 g/mol. The maximum absolute atomic E-state index is 13.9. The Labute approximate surface area is 228 Å². The third kappa shape index (κ3) is 2.33. The van der Waals surface area contributed by atoms with Gasteiger partial charge in [-0.25, -0.2) is 4.79 Å². The number of carbonyl (C=O) groups is 1. The second kappa shape index (κ2) is 7.68. The van der Waals surface area contributed by atoms with Gasteiger partial charge in [-0.1, -0.05) is 146 Å².